The predicted molar refractivity (Wildman–Crippen MR) is 146 cm³/mol. The molecule has 0 atom stereocenters. The van der Waals surface area contributed by atoms with Crippen molar-refractivity contribution in [2.24, 2.45) is 0 Å². The number of methoxy groups -OCH3 is 1. The van der Waals surface area contributed by atoms with Crippen LogP contribution in [-0.2, 0) is 11.3 Å². The largest absolute Gasteiger partial charge is 0.497 e. The smallest absolute Gasteiger partial charge is 0.343 e. The van der Waals surface area contributed by atoms with E-state index in [0.717, 1.165) is 17.3 Å². The summed E-state index contributed by atoms with van der Waals surface area (Å²) >= 11 is 2.95. The zero-order valence-electron chi connectivity index (χ0n) is 19.5. The number of benzene rings is 3. The van der Waals surface area contributed by atoms with Gasteiger partial charge in [0.15, 0.2) is 11.5 Å². The molecule has 0 N–H and O–H groups in total. The Morgan fingerprint density at radius 1 is 1.06 bits per heavy atom. The summed E-state index contributed by atoms with van der Waals surface area (Å²) < 4.78 is 17.2. The zero-order valence-corrected chi connectivity index (χ0v) is 22.5. The molecule has 0 aromatic heterocycles. The van der Waals surface area contributed by atoms with Crippen LogP contribution < -0.4 is 14.2 Å². The topological polar surface area (TPSA) is 82.1 Å². The van der Waals surface area contributed by atoms with Crippen LogP contribution in [0.3, 0.4) is 0 Å². The highest BCUT2D eigenvalue weighted by Crippen LogP contribution is 2.38. The fraction of sp³-hybridized carbons (Fsp3) is 0.148. The minimum atomic E-state index is -0.536. The molecule has 1 aliphatic heterocycles. The Hall–Kier alpha value is -3.31. The first kappa shape index (κ1) is 25.8. The van der Waals surface area contributed by atoms with Gasteiger partial charge in [-0.2, -0.15) is 0 Å². The lowest BCUT2D eigenvalue weighted by Crippen LogP contribution is -2.27. The minimum Gasteiger partial charge on any atom is -0.497 e. The maximum atomic E-state index is 12.9. The fourth-order valence-corrected chi connectivity index (χ4v) is 5.04. The van der Waals surface area contributed by atoms with Crippen molar-refractivity contribution in [1.29, 1.82) is 0 Å². The van der Waals surface area contributed by atoms with E-state index < -0.39 is 5.97 Å². The Balaban J connectivity index is 1.57. The zero-order chi connectivity index (χ0) is 25.7. The average molecular weight is 615 g/mol. The highest BCUT2D eigenvalue weighted by atomic mass is 127. The number of halogens is 1. The second kappa shape index (κ2) is 11.6. The Bertz CT molecular complexity index is 1320. The molecule has 1 saturated heterocycles. The number of rotatable bonds is 8. The number of carbonyl (C=O) groups is 3. The van der Waals surface area contributed by atoms with E-state index in [4.69, 9.17) is 14.2 Å². The fourth-order valence-electron chi connectivity index (χ4n) is 3.47. The van der Waals surface area contributed by atoms with Gasteiger partial charge in [0.2, 0.25) is 0 Å². The maximum Gasteiger partial charge on any atom is 0.343 e. The molecule has 0 unspecified atom stereocenters. The Labute approximate surface area is 226 Å². The number of nitrogens with zero attached hydrogens (tertiary/aromatic N) is 1. The SMILES string of the molecule is CCOc1cc(/C=C2\SC(=O)N(Cc3ccccc3)C2=O)cc(I)c1OC(=O)c1ccc(OC)cc1. The molecule has 3 aromatic rings. The van der Waals surface area contributed by atoms with E-state index in [-0.39, 0.29) is 23.4 Å². The standard InChI is InChI=1S/C27H22INO6S/c1-3-34-22-14-18(13-21(28)24(22)35-26(31)19-9-11-20(33-2)12-10-19)15-23-25(30)29(27(32)36-23)16-17-7-5-4-6-8-17/h4-15H,3,16H2,1-2H3/b23-15-. The van der Waals surface area contributed by atoms with E-state index in [1.165, 1.54) is 4.90 Å². The third kappa shape index (κ3) is 5.90. The van der Waals surface area contributed by atoms with Crippen molar-refractivity contribution in [3.05, 3.63) is 91.9 Å². The number of imide groups is 1. The number of thioether (sulfide) groups is 1. The van der Waals surface area contributed by atoms with E-state index in [0.29, 0.717) is 37.7 Å². The molecule has 36 heavy (non-hydrogen) atoms. The summed E-state index contributed by atoms with van der Waals surface area (Å²) in [6.07, 6.45) is 1.65. The van der Waals surface area contributed by atoms with Crippen molar-refractivity contribution in [3.63, 3.8) is 0 Å². The number of hydrogen-bond acceptors (Lipinski definition) is 7. The summed E-state index contributed by atoms with van der Waals surface area (Å²) in [6.45, 7) is 2.38. The van der Waals surface area contributed by atoms with Crippen LogP contribution >= 0.6 is 34.4 Å². The van der Waals surface area contributed by atoms with Gasteiger partial charge >= 0.3 is 5.97 Å². The molecule has 2 amide bonds. The highest BCUT2D eigenvalue weighted by Gasteiger charge is 2.35. The van der Waals surface area contributed by atoms with Gasteiger partial charge in [0.25, 0.3) is 11.1 Å². The molecule has 0 radical (unpaired) electrons. The highest BCUT2D eigenvalue weighted by molar-refractivity contribution is 14.1. The first-order valence-electron chi connectivity index (χ1n) is 11.0. The first-order chi connectivity index (χ1) is 17.4. The number of esters is 1. The van der Waals surface area contributed by atoms with Crippen molar-refractivity contribution < 1.29 is 28.6 Å². The molecule has 184 valence electrons. The average Bonchev–Trinajstić information content (AvgIpc) is 3.14. The summed E-state index contributed by atoms with van der Waals surface area (Å²) in [7, 11) is 1.55. The van der Waals surface area contributed by atoms with Crippen LogP contribution in [0.15, 0.2) is 71.6 Å². The molecule has 4 rings (SSSR count). The van der Waals surface area contributed by atoms with Crippen LogP contribution in [0.4, 0.5) is 4.79 Å². The van der Waals surface area contributed by atoms with Gasteiger partial charge in [0.1, 0.15) is 5.75 Å². The second-order valence-electron chi connectivity index (χ2n) is 7.63. The predicted octanol–water partition coefficient (Wildman–Crippen LogP) is 6.15. The van der Waals surface area contributed by atoms with Gasteiger partial charge in [-0.25, -0.2) is 4.79 Å². The molecule has 0 aliphatic carbocycles. The number of ether oxygens (including phenoxy) is 3. The Morgan fingerprint density at radius 3 is 2.44 bits per heavy atom. The van der Waals surface area contributed by atoms with Gasteiger partial charge in [-0.3, -0.25) is 14.5 Å². The first-order valence-corrected chi connectivity index (χ1v) is 12.9. The maximum absolute atomic E-state index is 12.9. The van der Waals surface area contributed by atoms with Gasteiger partial charge in [0, 0.05) is 0 Å². The van der Waals surface area contributed by atoms with E-state index in [1.807, 2.05) is 37.3 Å². The molecule has 1 aliphatic rings. The molecule has 3 aromatic carbocycles. The Kier molecular flexibility index (Phi) is 8.32. The van der Waals surface area contributed by atoms with E-state index >= 15 is 0 Å². The molecule has 1 fully saturated rings. The molecular formula is C27H22INO6S. The van der Waals surface area contributed by atoms with Crippen LogP contribution in [0.5, 0.6) is 17.2 Å². The van der Waals surface area contributed by atoms with Crippen molar-refractivity contribution in [2.45, 2.75) is 13.5 Å². The minimum absolute atomic E-state index is 0.213. The van der Waals surface area contributed by atoms with Crippen molar-refractivity contribution in [1.82, 2.24) is 4.90 Å². The van der Waals surface area contributed by atoms with Crippen LogP contribution in [0.2, 0.25) is 0 Å². The summed E-state index contributed by atoms with van der Waals surface area (Å²) in [5, 5.41) is -0.320. The van der Waals surface area contributed by atoms with Crippen molar-refractivity contribution in [3.8, 4) is 17.2 Å². The molecule has 1 heterocycles. The molecule has 9 heteroatoms. The van der Waals surface area contributed by atoms with Crippen LogP contribution in [0, 0.1) is 3.57 Å². The Morgan fingerprint density at radius 2 is 1.78 bits per heavy atom. The van der Waals surface area contributed by atoms with Gasteiger partial charge in [0.05, 0.1) is 34.3 Å². The van der Waals surface area contributed by atoms with Gasteiger partial charge in [-0.1, -0.05) is 30.3 Å². The lowest BCUT2D eigenvalue weighted by atomic mass is 10.1. The summed E-state index contributed by atoms with van der Waals surface area (Å²) in [5.74, 6) is 0.394. The quantitative estimate of drug-likeness (QED) is 0.130. The third-order valence-electron chi connectivity index (χ3n) is 5.21. The summed E-state index contributed by atoms with van der Waals surface area (Å²) in [5.41, 5.74) is 1.89. The van der Waals surface area contributed by atoms with E-state index in [2.05, 4.69) is 22.6 Å². The molecule has 7 nitrogen and oxygen atoms in total. The van der Waals surface area contributed by atoms with E-state index in [1.54, 1.807) is 49.6 Å². The third-order valence-corrected chi connectivity index (χ3v) is 6.92. The monoisotopic (exact) mass is 615 g/mol. The van der Waals surface area contributed by atoms with Gasteiger partial charge in [-0.15, -0.1) is 0 Å². The van der Waals surface area contributed by atoms with Crippen LogP contribution in [-0.4, -0.2) is 35.7 Å². The summed E-state index contributed by atoms with van der Waals surface area (Å²) in [6, 6.07) is 19.4. The lowest BCUT2D eigenvalue weighted by Gasteiger charge is -2.14. The van der Waals surface area contributed by atoms with Gasteiger partial charge in [-0.05, 0) is 94.9 Å². The van der Waals surface area contributed by atoms with Crippen molar-refractivity contribution >= 4 is 57.5 Å². The number of carbonyl (C=O) groups excluding carboxylic acids is 3. The molecule has 0 spiro atoms. The normalized spacial score (nSPS) is 14.3. The number of amides is 2. The van der Waals surface area contributed by atoms with Crippen LogP contribution in [0.1, 0.15) is 28.4 Å². The molecule has 0 bridgehead atoms. The molecular weight excluding hydrogens is 593 g/mol. The number of hydrogen-bond donors (Lipinski definition) is 0. The van der Waals surface area contributed by atoms with Crippen LogP contribution in [0.25, 0.3) is 6.08 Å². The second-order valence-corrected chi connectivity index (χ2v) is 9.79. The van der Waals surface area contributed by atoms with Gasteiger partial charge < -0.3 is 14.2 Å². The van der Waals surface area contributed by atoms with E-state index in [9.17, 15) is 14.4 Å². The lowest BCUT2D eigenvalue weighted by molar-refractivity contribution is -0.123. The summed E-state index contributed by atoms with van der Waals surface area (Å²) in [4.78, 5) is 39.7. The molecule has 0 saturated carbocycles. The van der Waals surface area contributed by atoms with Crippen molar-refractivity contribution in [2.75, 3.05) is 13.7 Å².